The van der Waals surface area contributed by atoms with Gasteiger partial charge in [0.2, 0.25) is 0 Å². The Morgan fingerprint density at radius 1 is 1.32 bits per heavy atom. The van der Waals surface area contributed by atoms with Gasteiger partial charge in [-0.05, 0) is 43.2 Å². The third kappa shape index (κ3) is 4.16. The van der Waals surface area contributed by atoms with Crippen molar-refractivity contribution in [3.63, 3.8) is 0 Å². The average molecular weight is 501 g/mol. The molecule has 1 amide bonds. The molecule has 3 aromatic rings. The van der Waals surface area contributed by atoms with Gasteiger partial charge < -0.3 is 25.4 Å². The molecule has 2 aromatic heterocycles. The number of fused-ring (bicyclic) bond motifs is 1. The Morgan fingerprint density at radius 2 is 2.22 bits per heavy atom. The lowest BCUT2D eigenvalue weighted by Crippen LogP contribution is -2.32. The van der Waals surface area contributed by atoms with Crippen molar-refractivity contribution < 1.29 is 19.0 Å². The number of halogens is 1. The molecule has 2 atom stereocenters. The molecule has 3 aliphatic rings. The standard InChI is InChI=1S/C27H25FN6O3/c28-19-3-1-2-17(10-29)24(19)20-8-21(25-22(32-20)12-31-26(25)36)33-23-5-4-18(11-30-23)34-7-6-27(15-34)9-16(13-35)14-37-27/h1-5,8,11,16,35H,6-7,9,12-15H2,(H,31,36)(H,30,32,33)/t16?,27-/m1/s1. The first-order chi connectivity index (χ1) is 18.0. The molecular weight excluding hydrogens is 475 g/mol. The number of ether oxygens (including phenoxy) is 1. The van der Waals surface area contributed by atoms with Crippen molar-refractivity contribution >= 4 is 23.1 Å². The van der Waals surface area contributed by atoms with E-state index in [0.717, 1.165) is 31.6 Å². The number of carbonyl (C=O) groups excluding carboxylic acids is 1. The van der Waals surface area contributed by atoms with Gasteiger partial charge >= 0.3 is 0 Å². The van der Waals surface area contributed by atoms with Crippen LogP contribution in [0.5, 0.6) is 0 Å². The summed E-state index contributed by atoms with van der Waals surface area (Å²) < 4.78 is 20.8. The molecule has 188 valence electrons. The maximum Gasteiger partial charge on any atom is 0.255 e. The fraction of sp³-hybridized carbons (Fsp3) is 0.333. The van der Waals surface area contributed by atoms with Crippen LogP contribution in [0.25, 0.3) is 11.3 Å². The number of hydrogen-bond donors (Lipinski definition) is 3. The predicted octanol–water partition coefficient (Wildman–Crippen LogP) is 3.12. The lowest BCUT2D eigenvalue weighted by molar-refractivity contribution is 0.0209. The molecule has 6 rings (SSSR count). The fourth-order valence-corrected chi connectivity index (χ4v) is 5.53. The van der Waals surface area contributed by atoms with Crippen LogP contribution in [0.15, 0.2) is 42.6 Å². The molecule has 5 heterocycles. The summed E-state index contributed by atoms with van der Waals surface area (Å²) in [5, 5.41) is 24.9. The highest BCUT2D eigenvalue weighted by Gasteiger charge is 2.45. The Balaban J connectivity index is 1.27. The van der Waals surface area contributed by atoms with E-state index < -0.39 is 5.82 Å². The number of hydrogen-bond acceptors (Lipinski definition) is 8. The van der Waals surface area contributed by atoms with Crippen LogP contribution in [-0.4, -0.2) is 52.9 Å². The van der Waals surface area contributed by atoms with Crippen LogP contribution in [0, 0.1) is 23.1 Å². The number of aliphatic hydroxyl groups is 1. The van der Waals surface area contributed by atoms with E-state index in [9.17, 15) is 19.6 Å². The third-order valence-electron chi connectivity index (χ3n) is 7.36. The molecule has 3 N–H and O–H groups in total. The number of amides is 1. The number of aliphatic hydroxyl groups excluding tert-OH is 1. The lowest BCUT2D eigenvalue weighted by atomic mass is 9.94. The number of rotatable bonds is 5. The Bertz CT molecular complexity index is 1420. The summed E-state index contributed by atoms with van der Waals surface area (Å²) in [4.78, 5) is 23.8. The number of nitrogens with one attached hydrogen (secondary N) is 2. The SMILES string of the molecule is N#Cc1cccc(F)c1-c1cc(Nc2ccc(N3CC[C@@]4(CC(CO)CO4)C3)cn2)c2c(n1)CNC2=O. The molecule has 2 fully saturated rings. The summed E-state index contributed by atoms with van der Waals surface area (Å²) in [7, 11) is 0. The second-order valence-electron chi connectivity index (χ2n) is 9.78. The van der Waals surface area contributed by atoms with Gasteiger partial charge in [-0.2, -0.15) is 5.26 Å². The van der Waals surface area contributed by atoms with Crippen molar-refractivity contribution in [1.29, 1.82) is 5.26 Å². The minimum Gasteiger partial charge on any atom is -0.396 e. The van der Waals surface area contributed by atoms with Crippen LogP contribution < -0.4 is 15.5 Å². The first kappa shape index (κ1) is 23.3. The third-order valence-corrected chi connectivity index (χ3v) is 7.36. The number of aromatic nitrogens is 2. The second kappa shape index (κ2) is 9.10. The van der Waals surface area contributed by atoms with E-state index >= 15 is 0 Å². The van der Waals surface area contributed by atoms with Crippen LogP contribution in [-0.2, 0) is 11.3 Å². The van der Waals surface area contributed by atoms with Crippen molar-refractivity contribution in [2.75, 3.05) is 36.5 Å². The van der Waals surface area contributed by atoms with E-state index in [1.165, 1.54) is 18.2 Å². The lowest BCUT2D eigenvalue weighted by Gasteiger charge is -2.24. The van der Waals surface area contributed by atoms with E-state index in [2.05, 4.69) is 25.5 Å². The predicted molar refractivity (Wildman–Crippen MR) is 134 cm³/mol. The zero-order chi connectivity index (χ0) is 25.6. The van der Waals surface area contributed by atoms with Crippen LogP contribution in [0.4, 0.5) is 21.6 Å². The molecule has 9 nitrogen and oxygen atoms in total. The van der Waals surface area contributed by atoms with E-state index in [1.807, 2.05) is 18.2 Å². The highest BCUT2D eigenvalue weighted by atomic mass is 19.1. The topological polar surface area (TPSA) is 123 Å². The monoisotopic (exact) mass is 500 g/mol. The zero-order valence-corrected chi connectivity index (χ0v) is 20.0. The van der Waals surface area contributed by atoms with E-state index in [0.29, 0.717) is 29.4 Å². The quantitative estimate of drug-likeness (QED) is 0.488. The molecule has 10 heteroatoms. The van der Waals surface area contributed by atoms with Crippen molar-refractivity contribution in [1.82, 2.24) is 15.3 Å². The Hall–Kier alpha value is -4.07. The Labute approximate surface area is 212 Å². The van der Waals surface area contributed by atoms with Gasteiger partial charge in [-0.1, -0.05) is 6.07 Å². The largest absolute Gasteiger partial charge is 0.396 e. The Morgan fingerprint density at radius 3 is 2.97 bits per heavy atom. The Kier molecular flexibility index (Phi) is 5.74. The van der Waals surface area contributed by atoms with Crippen molar-refractivity contribution in [2.45, 2.75) is 25.0 Å². The van der Waals surface area contributed by atoms with Gasteiger partial charge in [-0.3, -0.25) is 4.79 Å². The summed E-state index contributed by atoms with van der Waals surface area (Å²) in [5.41, 5.74) is 2.58. The number of benzene rings is 1. The normalized spacial score (nSPS) is 22.2. The highest BCUT2D eigenvalue weighted by Crippen LogP contribution is 2.39. The van der Waals surface area contributed by atoms with E-state index in [1.54, 1.807) is 12.3 Å². The molecule has 2 saturated heterocycles. The molecule has 0 radical (unpaired) electrons. The van der Waals surface area contributed by atoms with Crippen LogP contribution >= 0.6 is 0 Å². The fourth-order valence-electron chi connectivity index (χ4n) is 5.53. The zero-order valence-electron chi connectivity index (χ0n) is 20.0. The maximum atomic E-state index is 14.7. The first-order valence-electron chi connectivity index (χ1n) is 12.2. The molecular formula is C27H25FN6O3. The molecule has 3 aliphatic heterocycles. The number of pyridine rings is 2. The van der Waals surface area contributed by atoms with Crippen molar-refractivity contribution in [3.05, 3.63) is 65.2 Å². The number of anilines is 3. The van der Waals surface area contributed by atoms with E-state index in [-0.39, 0.29) is 47.4 Å². The number of carbonyl (C=O) groups is 1. The summed E-state index contributed by atoms with van der Waals surface area (Å²) in [5.74, 6) is -0.120. The van der Waals surface area contributed by atoms with Gasteiger partial charge in [0.25, 0.3) is 5.91 Å². The minimum atomic E-state index is -0.558. The van der Waals surface area contributed by atoms with Crippen molar-refractivity contribution in [2.24, 2.45) is 5.92 Å². The van der Waals surface area contributed by atoms with Crippen LogP contribution in [0.3, 0.4) is 0 Å². The highest BCUT2D eigenvalue weighted by molar-refractivity contribution is 6.04. The summed E-state index contributed by atoms with van der Waals surface area (Å²) in [6.07, 6.45) is 3.54. The second-order valence-corrected chi connectivity index (χ2v) is 9.78. The van der Waals surface area contributed by atoms with Gasteiger partial charge in [0.1, 0.15) is 11.6 Å². The molecule has 0 saturated carbocycles. The van der Waals surface area contributed by atoms with Gasteiger partial charge in [-0.25, -0.2) is 14.4 Å². The van der Waals surface area contributed by atoms with Gasteiger partial charge in [-0.15, -0.1) is 0 Å². The molecule has 1 unspecified atom stereocenters. The number of nitrogens with zero attached hydrogens (tertiary/aromatic N) is 4. The molecule has 1 spiro atoms. The van der Waals surface area contributed by atoms with Gasteiger partial charge in [0.15, 0.2) is 0 Å². The average Bonchev–Trinajstić information content (AvgIpc) is 3.63. The summed E-state index contributed by atoms with van der Waals surface area (Å²) in [6.45, 7) is 2.56. The number of nitriles is 1. The minimum absolute atomic E-state index is 0.0963. The molecule has 0 bridgehead atoms. The van der Waals surface area contributed by atoms with Crippen LogP contribution in [0.1, 0.15) is 34.5 Å². The summed E-state index contributed by atoms with van der Waals surface area (Å²) >= 11 is 0. The van der Waals surface area contributed by atoms with Crippen molar-refractivity contribution in [3.8, 4) is 17.3 Å². The van der Waals surface area contributed by atoms with Gasteiger partial charge in [0, 0.05) is 25.6 Å². The first-order valence-corrected chi connectivity index (χ1v) is 12.2. The smallest absolute Gasteiger partial charge is 0.255 e. The maximum absolute atomic E-state index is 14.7. The molecule has 1 aromatic carbocycles. The van der Waals surface area contributed by atoms with E-state index in [4.69, 9.17) is 4.74 Å². The van der Waals surface area contributed by atoms with Gasteiger partial charge in [0.05, 0.1) is 70.5 Å². The summed E-state index contributed by atoms with van der Waals surface area (Å²) in [6, 6.07) is 11.7. The molecule has 37 heavy (non-hydrogen) atoms. The van der Waals surface area contributed by atoms with Crippen LogP contribution in [0.2, 0.25) is 0 Å². The molecule has 0 aliphatic carbocycles.